The first kappa shape index (κ1) is 14.2. The van der Waals surface area contributed by atoms with E-state index in [2.05, 4.69) is 10.2 Å². The average Bonchev–Trinajstić information content (AvgIpc) is 2.89. The van der Waals surface area contributed by atoms with Crippen molar-refractivity contribution < 1.29 is 19.4 Å². The summed E-state index contributed by atoms with van der Waals surface area (Å²) in [5.41, 5.74) is -0.334. The zero-order valence-electron chi connectivity index (χ0n) is 10.9. The van der Waals surface area contributed by atoms with Gasteiger partial charge in [-0.05, 0) is 13.0 Å². The van der Waals surface area contributed by atoms with Gasteiger partial charge in [-0.3, -0.25) is 14.4 Å². The number of carbonyl (C=O) groups excluding carboxylic acids is 1. The Bertz CT molecular complexity index is 550. The number of aromatic amines is 1. The minimum absolute atomic E-state index is 0.0717. The molecule has 0 aromatic carbocycles. The number of rotatable bonds is 4. The molecule has 1 aliphatic heterocycles. The third-order valence-electron chi connectivity index (χ3n) is 3.27. The molecule has 2 atom stereocenters. The molecule has 8 nitrogen and oxygen atoms in total. The van der Waals surface area contributed by atoms with Gasteiger partial charge in [0, 0.05) is 12.6 Å². The van der Waals surface area contributed by atoms with Crippen molar-refractivity contribution in [1.82, 2.24) is 15.1 Å². The van der Waals surface area contributed by atoms with Crippen LogP contribution in [0.1, 0.15) is 17.4 Å². The van der Waals surface area contributed by atoms with Crippen LogP contribution in [0.15, 0.2) is 16.9 Å². The van der Waals surface area contributed by atoms with Gasteiger partial charge in [-0.2, -0.15) is 5.10 Å². The monoisotopic (exact) mass is 281 g/mol. The molecule has 2 N–H and O–H groups in total. The number of aromatic nitrogens is 2. The lowest BCUT2D eigenvalue weighted by atomic mass is 10.0. The molecule has 1 amide bonds. The maximum absolute atomic E-state index is 12.3. The minimum Gasteiger partial charge on any atom is -0.481 e. The van der Waals surface area contributed by atoms with E-state index in [0.717, 1.165) is 0 Å². The molecule has 108 valence electrons. The van der Waals surface area contributed by atoms with E-state index in [9.17, 15) is 14.4 Å². The summed E-state index contributed by atoms with van der Waals surface area (Å²) in [4.78, 5) is 35.8. The van der Waals surface area contributed by atoms with Gasteiger partial charge in [0.15, 0.2) is 0 Å². The Morgan fingerprint density at radius 2 is 2.25 bits per heavy atom. The standard InChI is InChI=1S/C12H15N3O5/c1-2-15(9-6-20-5-7(9)12(18)19)11(17)8-3-4-10(16)14-13-8/h3-4,7,9H,2,5-6H2,1H3,(H,14,16)(H,18,19). The van der Waals surface area contributed by atoms with Crippen LogP contribution in [0.2, 0.25) is 0 Å². The Kier molecular flexibility index (Phi) is 4.14. The molecule has 0 spiro atoms. The molecule has 1 aromatic rings. The molecule has 1 aliphatic rings. The number of H-pyrrole nitrogens is 1. The third kappa shape index (κ3) is 2.69. The molecule has 2 unspecified atom stereocenters. The van der Waals surface area contributed by atoms with Gasteiger partial charge in [0.2, 0.25) is 0 Å². The van der Waals surface area contributed by atoms with Gasteiger partial charge in [-0.15, -0.1) is 0 Å². The second-order valence-electron chi connectivity index (χ2n) is 4.45. The van der Waals surface area contributed by atoms with E-state index in [1.54, 1.807) is 6.92 Å². The Morgan fingerprint density at radius 3 is 2.80 bits per heavy atom. The molecule has 8 heteroatoms. The van der Waals surface area contributed by atoms with Crippen molar-refractivity contribution in [3.05, 3.63) is 28.2 Å². The summed E-state index contributed by atoms with van der Waals surface area (Å²) in [7, 11) is 0. The number of carbonyl (C=O) groups is 2. The summed E-state index contributed by atoms with van der Waals surface area (Å²) in [6, 6.07) is 1.99. The van der Waals surface area contributed by atoms with Crippen LogP contribution in [0.4, 0.5) is 0 Å². The van der Waals surface area contributed by atoms with E-state index in [0.29, 0.717) is 6.54 Å². The Hall–Kier alpha value is -2.22. The number of nitrogens with zero attached hydrogens (tertiary/aromatic N) is 2. The Labute approximate surface area is 114 Å². The number of carboxylic acid groups (broad SMARTS) is 1. The Balaban J connectivity index is 2.23. The first-order valence-electron chi connectivity index (χ1n) is 6.21. The van der Waals surface area contributed by atoms with E-state index in [1.807, 2.05) is 0 Å². The van der Waals surface area contributed by atoms with E-state index < -0.39 is 29.4 Å². The summed E-state index contributed by atoms with van der Waals surface area (Å²) in [5.74, 6) is -2.17. The number of ether oxygens (including phenoxy) is 1. The molecule has 1 aromatic heterocycles. The molecular formula is C12H15N3O5. The first-order chi connectivity index (χ1) is 9.54. The maximum atomic E-state index is 12.3. The van der Waals surface area contributed by atoms with Crippen LogP contribution in [0.3, 0.4) is 0 Å². The summed E-state index contributed by atoms with van der Waals surface area (Å²) in [6.07, 6.45) is 0. The van der Waals surface area contributed by atoms with Crippen molar-refractivity contribution >= 4 is 11.9 Å². The molecule has 1 fully saturated rings. The fourth-order valence-corrected chi connectivity index (χ4v) is 2.23. The van der Waals surface area contributed by atoms with Gasteiger partial charge < -0.3 is 14.7 Å². The molecule has 20 heavy (non-hydrogen) atoms. The fourth-order valence-electron chi connectivity index (χ4n) is 2.23. The molecule has 2 rings (SSSR count). The predicted octanol–water partition coefficient (Wildman–Crippen LogP) is -0.668. The van der Waals surface area contributed by atoms with Crippen molar-refractivity contribution in [3.8, 4) is 0 Å². The lowest BCUT2D eigenvalue weighted by molar-refractivity contribution is -0.142. The summed E-state index contributed by atoms with van der Waals surface area (Å²) in [5, 5.41) is 15.0. The molecular weight excluding hydrogens is 266 g/mol. The van der Waals surface area contributed by atoms with Crippen molar-refractivity contribution in [2.75, 3.05) is 19.8 Å². The Morgan fingerprint density at radius 1 is 1.50 bits per heavy atom. The van der Waals surface area contributed by atoms with E-state index in [4.69, 9.17) is 9.84 Å². The largest absolute Gasteiger partial charge is 0.481 e. The van der Waals surface area contributed by atoms with Gasteiger partial charge in [0.25, 0.3) is 11.5 Å². The van der Waals surface area contributed by atoms with Crippen LogP contribution < -0.4 is 5.56 Å². The van der Waals surface area contributed by atoms with Crippen molar-refractivity contribution in [1.29, 1.82) is 0 Å². The van der Waals surface area contributed by atoms with E-state index >= 15 is 0 Å². The van der Waals surface area contributed by atoms with E-state index in [1.165, 1.54) is 17.0 Å². The van der Waals surface area contributed by atoms with Gasteiger partial charge in [-0.25, -0.2) is 5.10 Å². The quantitative estimate of drug-likeness (QED) is 0.757. The zero-order chi connectivity index (χ0) is 14.7. The highest BCUT2D eigenvalue weighted by Gasteiger charge is 2.39. The van der Waals surface area contributed by atoms with Gasteiger partial charge in [0.1, 0.15) is 11.6 Å². The lowest BCUT2D eigenvalue weighted by Crippen LogP contribution is -2.46. The maximum Gasteiger partial charge on any atom is 0.311 e. The number of amides is 1. The van der Waals surface area contributed by atoms with Crippen LogP contribution in [0.5, 0.6) is 0 Å². The van der Waals surface area contributed by atoms with E-state index in [-0.39, 0.29) is 18.9 Å². The van der Waals surface area contributed by atoms with Crippen molar-refractivity contribution in [2.24, 2.45) is 5.92 Å². The predicted molar refractivity (Wildman–Crippen MR) is 67.3 cm³/mol. The zero-order valence-corrected chi connectivity index (χ0v) is 10.9. The molecule has 1 saturated heterocycles. The fraction of sp³-hybridized carbons (Fsp3) is 0.500. The molecule has 2 heterocycles. The van der Waals surface area contributed by atoms with Crippen LogP contribution >= 0.6 is 0 Å². The van der Waals surface area contributed by atoms with Crippen LogP contribution in [0.25, 0.3) is 0 Å². The van der Waals surface area contributed by atoms with Gasteiger partial charge >= 0.3 is 5.97 Å². The van der Waals surface area contributed by atoms with Crippen LogP contribution in [-0.2, 0) is 9.53 Å². The molecule has 0 saturated carbocycles. The number of carboxylic acids is 1. The summed E-state index contributed by atoms with van der Waals surface area (Å²) < 4.78 is 5.17. The number of likely N-dealkylation sites (N-methyl/N-ethyl adjacent to an activating group) is 1. The van der Waals surface area contributed by atoms with Crippen LogP contribution in [0, 0.1) is 5.92 Å². The molecule has 0 bridgehead atoms. The number of hydrogen-bond acceptors (Lipinski definition) is 5. The topological polar surface area (TPSA) is 113 Å². The van der Waals surface area contributed by atoms with Crippen molar-refractivity contribution in [2.45, 2.75) is 13.0 Å². The highest BCUT2D eigenvalue weighted by Crippen LogP contribution is 2.21. The SMILES string of the molecule is CCN(C(=O)c1ccc(=O)[nH]n1)C1COCC1C(=O)O. The summed E-state index contributed by atoms with van der Waals surface area (Å²) >= 11 is 0. The smallest absolute Gasteiger partial charge is 0.311 e. The second-order valence-corrected chi connectivity index (χ2v) is 4.45. The second kappa shape index (κ2) is 5.83. The molecule has 0 aliphatic carbocycles. The van der Waals surface area contributed by atoms with Crippen molar-refractivity contribution in [3.63, 3.8) is 0 Å². The normalized spacial score (nSPS) is 21.6. The highest BCUT2D eigenvalue weighted by molar-refractivity contribution is 5.92. The van der Waals surface area contributed by atoms with Gasteiger partial charge in [-0.1, -0.05) is 0 Å². The third-order valence-corrected chi connectivity index (χ3v) is 3.27. The minimum atomic E-state index is -0.992. The van der Waals surface area contributed by atoms with Gasteiger partial charge in [0.05, 0.1) is 19.3 Å². The number of aliphatic carboxylic acids is 1. The highest BCUT2D eigenvalue weighted by atomic mass is 16.5. The van der Waals surface area contributed by atoms with Crippen LogP contribution in [-0.4, -0.2) is 57.9 Å². The molecule has 0 radical (unpaired) electrons. The summed E-state index contributed by atoms with van der Waals surface area (Å²) in [6.45, 7) is 2.35. The average molecular weight is 281 g/mol. The lowest BCUT2D eigenvalue weighted by Gasteiger charge is -2.28. The number of hydrogen-bond donors (Lipinski definition) is 2. The first-order valence-corrected chi connectivity index (χ1v) is 6.21. The number of nitrogens with one attached hydrogen (secondary N) is 1.